The molecule has 0 aliphatic heterocycles. The Kier molecular flexibility index (Phi) is 6.99. The van der Waals surface area contributed by atoms with Crippen LogP contribution in [0.15, 0.2) is 72.8 Å². The first-order chi connectivity index (χ1) is 16.0. The minimum absolute atomic E-state index is 0.00985. The highest BCUT2D eigenvalue weighted by Crippen LogP contribution is 2.42. The molecule has 0 heterocycles. The Bertz CT molecular complexity index is 1140. The van der Waals surface area contributed by atoms with Gasteiger partial charge in [0.1, 0.15) is 5.75 Å². The van der Waals surface area contributed by atoms with Gasteiger partial charge in [-0.15, -0.1) is 0 Å². The Labute approximate surface area is 199 Å². The van der Waals surface area contributed by atoms with Crippen LogP contribution in [-0.4, -0.2) is 18.4 Å². The Morgan fingerprint density at radius 2 is 1.70 bits per heavy atom. The smallest absolute Gasteiger partial charge is 0.255 e. The van der Waals surface area contributed by atoms with Crippen molar-refractivity contribution in [3.05, 3.63) is 88.9 Å². The minimum atomic E-state index is -0.521. The van der Waals surface area contributed by atoms with Crippen LogP contribution < -0.4 is 15.4 Å². The van der Waals surface area contributed by atoms with Gasteiger partial charge in [-0.1, -0.05) is 60.8 Å². The summed E-state index contributed by atoms with van der Waals surface area (Å²) in [6, 6.07) is 22.0. The summed E-state index contributed by atoms with van der Waals surface area (Å²) in [6.45, 7) is 2.29. The van der Waals surface area contributed by atoms with E-state index in [1.54, 1.807) is 42.5 Å². The van der Waals surface area contributed by atoms with Gasteiger partial charge in [-0.3, -0.25) is 9.59 Å². The lowest BCUT2D eigenvalue weighted by molar-refractivity contribution is -0.121. The molecule has 0 unspecified atom stereocenters. The maximum absolute atomic E-state index is 13.5. The normalized spacial score (nSPS) is 14.5. The van der Waals surface area contributed by atoms with Crippen molar-refractivity contribution in [3.63, 3.8) is 0 Å². The molecule has 1 aliphatic carbocycles. The molecule has 4 rings (SSSR count). The summed E-state index contributed by atoms with van der Waals surface area (Å²) in [6.07, 6.45) is 3.71. The quantitative estimate of drug-likeness (QED) is 0.424. The molecule has 3 aromatic rings. The third kappa shape index (κ3) is 5.04. The van der Waals surface area contributed by atoms with Crippen molar-refractivity contribution in [3.8, 4) is 5.75 Å². The van der Waals surface area contributed by atoms with Crippen LogP contribution in [0.4, 0.5) is 11.4 Å². The van der Waals surface area contributed by atoms with E-state index >= 15 is 0 Å². The second kappa shape index (κ2) is 10.1. The zero-order chi connectivity index (χ0) is 23.3. The average Bonchev–Trinajstić information content (AvgIpc) is 3.33. The summed E-state index contributed by atoms with van der Waals surface area (Å²) in [7, 11) is 0. The van der Waals surface area contributed by atoms with Crippen LogP contribution in [0.5, 0.6) is 5.75 Å². The molecule has 0 saturated heterocycles. The molecular weight excluding hydrogens is 436 g/mol. The maximum Gasteiger partial charge on any atom is 0.255 e. The third-order valence-corrected chi connectivity index (χ3v) is 6.33. The van der Waals surface area contributed by atoms with E-state index in [1.807, 2.05) is 37.3 Å². The van der Waals surface area contributed by atoms with Crippen molar-refractivity contribution in [2.24, 2.45) is 0 Å². The molecule has 0 radical (unpaired) electrons. The number of amides is 2. The van der Waals surface area contributed by atoms with Gasteiger partial charge < -0.3 is 15.4 Å². The summed E-state index contributed by atoms with van der Waals surface area (Å²) in [4.78, 5) is 26.1. The highest BCUT2D eigenvalue weighted by molar-refractivity contribution is 6.31. The second-order valence-electron chi connectivity index (χ2n) is 8.22. The van der Waals surface area contributed by atoms with Crippen molar-refractivity contribution in [1.82, 2.24) is 0 Å². The Hall–Kier alpha value is -3.31. The van der Waals surface area contributed by atoms with Crippen molar-refractivity contribution in [2.45, 2.75) is 38.0 Å². The number of halogens is 1. The van der Waals surface area contributed by atoms with Gasteiger partial charge in [-0.2, -0.15) is 0 Å². The van der Waals surface area contributed by atoms with Crippen LogP contribution in [0.1, 0.15) is 48.5 Å². The Morgan fingerprint density at radius 3 is 2.39 bits per heavy atom. The molecule has 0 bridgehead atoms. The predicted molar refractivity (Wildman–Crippen MR) is 132 cm³/mol. The lowest BCUT2D eigenvalue weighted by Crippen LogP contribution is -2.37. The van der Waals surface area contributed by atoms with Gasteiger partial charge in [-0.25, -0.2) is 0 Å². The predicted octanol–water partition coefficient (Wildman–Crippen LogP) is 6.44. The maximum atomic E-state index is 13.5. The molecule has 1 aliphatic rings. The topological polar surface area (TPSA) is 67.4 Å². The van der Waals surface area contributed by atoms with Gasteiger partial charge in [-0.05, 0) is 55.7 Å². The molecule has 0 aromatic heterocycles. The number of nitrogens with one attached hydrogen (secondary N) is 2. The molecule has 3 aromatic carbocycles. The SMILES string of the molecule is CCOc1cc(NC(=O)C2(c3ccccc3)CCCC2)ccc1NC(=O)c1cccc(Cl)c1. The number of benzene rings is 3. The van der Waals surface area contributed by atoms with Gasteiger partial charge in [0.15, 0.2) is 0 Å². The molecule has 0 spiro atoms. The van der Waals surface area contributed by atoms with Crippen molar-refractivity contribution >= 4 is 34.8 Å². The van der Waals surface area contributed by atoms with E-state index in [-0.39, 0.29) is 11.8 Å². The monoisotopic (exact) mass is 462 g/mol. The number of carbonyl (C=O) groups is 2. The summed E-state index contributed by atoms with van der Waals surface area (Å²) in [5, 5.41) is 6.46. The van der Waals surface area contributed by atoms with Crippen molar-refractivity contribution < 1.29 is 14.3 Å². The van der Waals surface area contributed by atoms with E-state index in [4.69, 9.17) is 16.3 Å². The lowest BCUT2D eigenvalue weighted by atomic mass is 9.78. The number of rotatable bonds is 7. The van der Waals surface area contributed by atoms with Crippen molar-refractivity contribution in [1.29, 1.82) is 0 Å². The molecule has 1 fully saturated rings. The van der Waals surface area contributed by atoms with Gasteiger partial charge in [0, 0.05) is 22.3 Å². The van der Waals surface area contributed by atoms with Gasteiger partial charge in [0.25, 0.3) is 5.91 Å². The van der Waals surface area contributed by atoms with Gasteiger partial charge >= 0.3 is 0 Å². The first-order valence-electron chi connectivity index (χ1n) is 11.2. The van der Waals surface area contributed by atoms with E-state index in [2.05, 4.69) is 10.6 Å². The summed E-state index contributed by atoms with van der Waals surface area (Å²) >= 11 is 6.01. The Balaban J connectivity index is 1.56. The highest BCUT2D eigenvalue weighted by Gasteiger charge is 2.42. The van der Waals surface area contributed by atoms with Crippen LogP contribution in [0.2, 0.25) is 5.02 Å². The second-order valence-corrected chi connectivity index (χ2v) is 8.65. The molecule has 2 N–H and O–H groups in total. The fraction of sp³-hybridized carbons (Fsp3) is 0.259. The lowest BCUT2D eigenvalue weighted by Gasteiger charge is -2.28. The van der Waals surface area contributed by atoms with Crippen LogP contribution >= 0.6 is 11.6 Å². The number of anilines is 2. The standard InChI is InChI=1S/C27H27ClN2O3/c1-2-33-24-18-22(13-14-23(24)30-25(31)19-9-8-12-21(28)17-19)29-26(32)27(15-6-7-16-27)20-10-4-3-5-11-20/h3-5,8-14,17-18H,2,6-7,15-16H2,1H3,(H,29,32)(H,30,31). The largest absolute Gasteiger partial charge is 0.492 e. The van der Waals surface area contributed by atoms with Crippen LogP contribution in [0.3, 0.4) is 0 Å². The van der Waals surface area contributed by atoms with Crippen LogP contribution in [0, 0.1) is 0 Å². The highest BCUT2D eigenvalue weighted by atomic mass is 35.5. The molecule has 5 nitrogen and oxygen atoms in total. The van der Waals surface area contributed by atoms with E-state index in [9.17, 15) is 9.59 Å². The number of hydrogen-bond acceptors (Lipinski definition) is 3. The number of hydrogen-bond donors (Lipinski definition) is 2. The first kappa shape index (κ1) is 22.9. The summed E-state index contributed by atoms with van der Waals surface area (Å²) in [5.41, 5.74) is 2.14. The number of ether oxygens (including phenoxy) is 1. The van der Waals surface area contributed by atoms with E-state index < -0.39 is 5.41 Å². The van der Waals surface area contributed by atoms with Gasteiger partial charge in [0.2, 0.25) is 5.91 Å². The first-order valence-corrected chi connectivity index (χ1v) is 11.6. The van der Waals surface area contributed by atoms with Gasteiger partial charge in [0.05, 0.1) is 17.7 Å². The van der Waals surface area contributed by atoms with Crippen LogP contribution in [-0.2, 0) is 10.2 Å². The molecule has 33 heavy (non-hydrogen) atoms. The average molecular weight is 463 g/mol. The molecule has 2 amide bonds. The summed E-state index contributed by atoms with van der Waals surface area (Å²) < 4.78 is 5.76. The van der Waals surface area contributed by atoms with E-state index in [0.29, 0.717) is 34.3 Å². The van der Waals surface area contributed by atoms with E-state index in [0.717, 1.165) is 31.2 Å². The van der Waals surface area contributed by atoms with E-state index in [1.165, 1.54) is 0 Å². The minimum Gasteiger partial charge on any atom is -0.492 e. The third-order valence-electron chi connectivity index (χ3n) is 6.09. The molecule has 6 heteroatoms. The van der Waals surface area contributed by atoms with Crippen molar-refractivity contribution in [2.75, 3.05) is 17.2 Å². The molecule has 170 valence electrons. The zero-order valence-electron chi connectivity index (χ0n) is 18.6. The molecular formula is C27H27ClN2O3. The zero-order valence-corrected chi connectivity index (χ0v) is 19.3. The molecule has 1 saturated carbocycles. The Morgan fingerprint density at radius 1 is 0.939 bits per heavy atom. The summed E-state index contributed by atoms with van der Waals surface area (Å²) in [5.74, 6) is 0.194. The fourth-order valence-electron chi connectivity index (χ4n) is 4.44. The number of carbonyl (C=O) groups excluding carboxylic acids is 2. The fourth-order valence-corrected chi connectivity index (χ4v) is 4.63. The molecule has 0 atom stereocenters. The van der Waals surface area contributed by atoms with Crippen LogP contribution in [0.25, 0.3) is 0 Å².